The van der Waals surface area contributed by atoms with E-state index in [1.54, 1.807) is 13.2 Å². The predicted molar refractivity (Wildman–Crippen MR) is 71.1 cm³/mol. The molecule has 0 aliphatic carbocycles. The Morgan fingerprint density at radius 3 is 2.68 bits per heavy atom. The van der Waals surface area contributed by atoms with E-state index in [9.17, 15) is 4.39 Å². The highest BCUT2D eigenvalue weighted by Gasteiger charge is 2.18. The third kappa shape index (κ3) is 2.89. The van der Waals surface area contributed by atoms with E-state index in [0.29, 0.717) is 11.4 Å². The lowest BCUT2D eigenvalue weighted by Crippen LogP contribution is -2.30. The molecule has 3 N–H and O–H groups in total. The Morgan fingerprint density at radius 1 is 1.32 bits per heavy atom. The number of aryl methyl sites for hydroxylation is 1. The molecule has 0 saturated carbocycles. The van der Waals surface area contributed by atoms with E-state index < -0.39 is 0 Å². The molecule has 1 atom stereocenters. The van der Waals surface area contributed by atoms with Gasteiger partial charge in [0.05, 0.1) is 25.0 Å². The van der Waals surface area contributed by atoms with E-state index in [0.717, 1.165) is 11.1 Å². The number of nitrogens with one attached hydrogen (secondary N) is 1. The summed E-state index contributed by atoms with van der Waals surface area (Å²) in [6.07, 6.45) is 1.17. The highest BCUT2D eigenvalue weighted by atomic mass is 19.1. The summed E-state index contributed by atoms with van der Waals surface area (Å²) in [5.41, 5.74) is 5.27. The molecule has 0 spiro atoms. The third-order valence-electron chi connectivity index (χ3n) is 2.91. The van der Waals surface area contributed by atoms with Crippen LogP contribution in [0.2, 0.25) is 0 Å². The van der Waals surface area contributed by atoms with E-state index >= 15 is 0 Å². The van der Waals surface area contributed by atoms with Gasteiger partial charge in [-0.05, 0) is 25.1 Å². The monoisotopic (exact) mass is 261 g/mol. The minimum atomic E-state index is -0.379. The van der Waals surface area contributed by atoms with Crippen LogP contribution in [0.25, 0.3) is 0 Å². The summed E-state index contributed by atoms with van der Waals surface area (Å²) in [4.78, 5) is 4.06. The van der Waals surface area contributed by atoms with E-state index in [1.165, 1.54) is 12.3 Å². The first-order valence-corrected chi connectivity index (χ1v) is 5.88. The van der Waals surface area contributed by atoms with Gasteiger partial charge in [-0.2, -0.15) is 0 Å². The maximum absolute atomic E-state index is 12.9. The maximum Gasteiger partial charge on any atom is 0.141 e. The van der Waals surface area contributed by atoms with Crippen LogP contribution in [-0.4, -0.2) is 12.1 Å². The van der Waals surface area contributed by atoms with Crippen LogP contribution in [0.5, 0.6) is 5.75 Å². The van der Waals surface area contributed by atoms with Gasteiger partial charge in [0, 0.05) is 5.56 Å². The van der Waals surface area contributed by atoms with Gasteiger partial charge < -0.3 is 4.74 Å². The quantitative estimate of drug-likeness (QED) is 0.653. The van der Waals surface area contributed by atoms with Gasteiger partial charge in [-0.15, -0.1) is 0 Å². The molecule has 0 bridgehead atoms. The number of nitrogens with zero attached hydrogens (tertiary/aromatic N) is 1. The molecule has 2 rings (SSSR count). The number of hydrogen-bond acceptors (Lipinski definition) is 4. The Balaban J connectivity index is 2.47. The van der Waals surface area contributed by atoms with Gasteiger partial charge in [0.15, 0.2) is 0 Å². The summed E-state index contributed by atoms with van der Waals surface area (Å²) in [6, 6.07) is 8.40. The fourth-order valence-corrected chi connectivity index (χ4v) is 1.97. The Morgan fingerprint density at radius 2 is 2.11 bits per heavy atom. The standard InChI is InChI=1S/C14H16FN3O/c1-9-3-6-13(19-2)11(7-9)14(18-16)12-5-4-10(15)8-17-12/h3-8,14,18H,16H2,1-2H3. The van der Waals surface area contributed by atoms with Crippen molar-refractivity contribution in [3.8, 4) is 5.75 Å². The zero-order valence-corrected chi connectivity index (χ0v) is 10.9. The number of rotatable bonds is 4. The highest BCUT2D eigenvalue weighted by molar-refractivity contribution is 5.42. The first kappa shape index (κ1) is 13.5. The summed E-state index contributed by atoms with van der Waals surface area (Å²) < 4.78 is 18.3. The van der Waals surface area contributed by atoms with Gasteiger partial charge >= 0.3 is 0 Å². The average Bonchev–Trinajstić information content (AvgIpc) is 2.42. The van der Waals surface area contributed by atoms with Gasteiger partial charge in [-0.1, -0.05) is 17.7 Å². The first-order chi connectivity index (χ1) is 9.15. The van der Waals surface area contributed by atoms with Crippen LogP contribution in [0.3, 0.4) is 0 Å². The zero-order chi connectivity index (χ0) is 13.8. The van der Waals surface area contributed by atoms with Crippen LogP contribution in [0.15, 0.2) is 36.5 Å². The molecule has 1 aromatic carbocycles. The largest absolute Gasteiger partial charge is 0.496 e. The second-order valence-corrected chi connectivity index (χ2v) is 4.25. The molecule has 100 valence electrons. The summed E-state index contributed by atoms with van der Waals surface area (Å²) in [5.74, 6) is 5.94. The van der Waals surface area contributed by atoms with Crippen molar-refractivity contribution in [1.82, 2.24) is 10.4 Å². The summed E-state index contributed by atoms with van der Waals surface area (Å²) in [7, 11) is 1.60. The SMILES string of the molecule is COc1ccc(C)cc1C(NN)c1ccc(F)cn1. The fourth-order valence-electron chi connectivity index (χ4n) is 1.97. The van der Waals surface area contributed by atoms with Gasteiger partial charge in [-0.25, -0.2) is 9.82 Å². The lowest BCUT2D eigenvalue weighted by atomic mass is 10.0. The Bertz CT molecular complexity index is 557. The molecule has 1 heterocycles. The second kappa shape index (κ2) is 5.77. The van der Waals surface area contributed by atoms with Crippen LogP contribution in [-0.2, 0) is 0 Å². The van der Waals surface area contributed by atoms with Gasteiger partial charge in [-0.3, -0.25) is 10.8 Å². The number of pyridine rings is 1. The second-order valence-electron chi connectivity index (χ2n) is 4.25. The normalized spacial score (nSPS) is 12.2. The molecule has 0 saturated heterocycles. The van der Waals surface area contributed by atoms with Crippen molar-refractivity contribution in [2.75, 3.05) is 7.11 Å². The Labute approximate surface area is 111 Å². The smallest absolute Gasteiger partial charge is 0.141 e. The molecule has 0 aliphatic rings. The minimum absolute atomic E-state index is 0.351. The molecule has 1 unspecified atom stereocenters. The fraction of sp³-hybridized carbons (Fsp3) is 0.214. The van der Waals surface area contributed by atoms with Crippen molar-refractivity contribution in [1.29, 1.82) is 0 Å². The van der Waals surface area contributed by atoms with Gasteiger partial charge in [0.25, 0.3) is 0 Å². The number of methoxy groups -OCH3 is 1. The van der Waals surface area contributed by atoms with Gasteiger partial charge in [0.1, 0.15) is 11.6 Å². The first-order valence-electron chi connectivity index (χ1n) is 5.88. The molecular formula is C14H16FN3O. The highest BCUT2D eigenvalue weighted by Crippen LogP contribution is 2.29. The topological polar surface area (TPSA) is 60.2 Å². The Hall–Kier alpha value is -1.98. The molecule has 0 radical (unpaired) electrons. The van der Waals surface area contributed by atoms with Crippen molar-refractivity contribution in [3.05, 3.63) is 59.2 Å². The van der Waals surface area contributed by atoms with Crippen LogP contribution in [0, 0.1) is 12.7 Å². The molecule has 19 heavy (non-hydrogen) atoms. The summed E-state index contributed by atoms with van der Waals surface area (Å²) in [5, 5.41) is 0. The summed E-state index contributed by atoms with van der Waals surface area (Å²) >= 11 is 0. The number of hydrogen-bond donors (Lipinski definition) is 2. The molecule has 0 fully saturated rings. The maximum atomic E-state index is 12.9. The zero-order valence-electron chi connectivity index (χ0n) is 10.9. The number of benzene rings is 1. The number of ether oxygens (including phenoxy) is 1. The van der Waals surface area contributed by atoms with Crippen molar-refractivity contribution >= 4 is 0 Å². The number of aromatic nitrogens is 1. The number of nitrogens with two attached hydrogens (primary N) is 1. The van der Waals surface area contributed by atoms with E-state index in [1.807, 2.05) is 25.1 Å². The number of hydrazine groups is 1. The Kier molecular flexibility index (Phi) is 4.09. The van der Waals surface area contributed by atoms with Gasteiger partial charge in [0.2, 0.25) is 0 Å². The predicted octanol–water partition coefficient (Wildman–Crippen LogP) is 2.09. The van der Waals surface area contributed by atoms with E-state index in [4.69, 9.17) is 10.6 Å². The lowest BCUT2D eigenvalue weighted by Gasteiger charge is -2.19. The molecular weight excluding hydrogens is 245 g/mol. The van der Waals surface area contributed by atoms with Crippen molar-refractivity contribution in [2.24, 2.45) is 5.84 Å². The molecule has 1 aromatic heterocycles. The molecule has 5 heteroatoms. The van der Waals surface area contributed by atoms with Crippen LogP contribution >= 0.6 is 0 Å². The van der Waals surface area contributed by atoms with Crippen molar-refractivity contribution < 1.29 is 9.13 Å². The third-order valence-corrected chi connectivity index (χ3v) is 2.91. The summed E-state index contributed by atoms with van der Waals surface area (Å²) in [6.45, 7) is 1.98. The molecule has 4 nitrogen and oxygen atoms in total. The van der Waals surface area contributed by atoms with Crippen LogP contribution in [0.1, 0.15) is 22.9 Å². The van der Waals surface area contributed by atoms with Crippen molar-refractivity contribution in [2.45, 2.75) is 13.0 Å². The number of halogens is 1. The van der Waals surface area contributed by atoms with Crippen LogP contribution in [0.4, 0.5) is 4.39 Å². The van der Waals surface area contributed by atoms with E-state index in [-0.39, 0.29) is 11.9 Å². The average molecular weight is 261 g/mol. The lowest BCUT2D eigenvalue weighted by molar-refractivity contribution is 0.403. The molecule has 2 aromatic rings. The van der Waals surface area contributed by atoms with Crippen molar-refractivity contribution in [3.63, 3.8) is 0 Å². The molecule has 0 aliphatic heterocycles. The molecule has 0 amide bonds. The minimum Gasteiger partial charge on any atom is -0.496 e. The van der Waals surface area contributed by atoms with E-state index in [2.05, 4.69) is 10.4 Å². The van der Waals surface area contributed by atoms with Crippen LogP contribution < -0.4 is 16.0 Å².